The van der Waals surface area contributed by atoms with Crippen LogP contribution in [0.3, 0.4) is 0 Å². The van der Waals surface area contributed by atoms with Crippen LogP contribution in [-0.4, -0.2) is 39.5 Å². The smallest absolute Gasteiger partial charge is 0.245 e. The van der Waals surface area contributed by atoms with Gasteiger partial charge in [0.15, 0.2) is 0 Å². The molecule has 0 radical (unpaired) electrons. The number of aliphatic hydroxyl groups excluding tert-OH is 1. The number of aryl methyl sites for hydroxylation is 2. The average Bonchev–Trinajstić information content (AvgIpc) is 2.22. The number of rotatable bonds is 1. The van der Waals surface area contributed by atoms with Gasteiger partial charge in [0.25, 0.3) is 0 Å². The van der Waals surface area contributed by atoms with Crippen LogP contribution in [0.4, 0.5) is 5.95 Å². The van der Waals surface area contributed by atoms with Crippen molar-refractivity contribution in [2.24, 2.45) is 0 Å². The molecule has 0 spiro atoms. The summed E-state index contributed by atoms with van der Waals surface area (Å²) in [6.07, 6.45) is 1.59. The van der Waals surface area contributed by atoms with E-state index >= 15 is 0 Å². The van der Waals surface area contributed by atoms with Gasteiger partial charge in [-0.05, 0) is 26.7 Å². The monoisotopic (exact) mass is 208 g/mol. The van der Waals surface area contributed by atoms with E-state index < -0.39 is 0 Å². The maximum absolute atomic E-state index is 9.55. The van der Waals surface area contributed by atoms with E-state index in [0.29, 0.717) is 12.5 Å². The van der Waals surface area contributed by atoms with Crippen molar-refractivity contribution >= 4 is 5.95 Å². The first-order valence-corrected chi connectivity index (χ1v) is 5.28. The molecule has 0 amide bonds. The number of nitrogens with zero attached hydrogens (tertiary/aromatic N) is 4. The lowest BCUT2D eigenvalue weighted by molar-refractivity contribution is 0.153. The van der Waals surface area contributed by atoms with Gasteiger partial charge >= 0.3 is 0 Å². The second-order valence-corrected chi connectivity index (χ2v) is 4.02. The summed E-state index contributed by atoms with van der Waals surface area (Å²) in [5, 5.41) is 17.6. The number of aromatic nitrogens is 3. The molecule has 1 fully saturated rings. The van der Waals surface area contributed by atoms with E-state index in [1.165, 1.54) is 0 Å². The second kappa shape index (κ2) is 4.10. The Kier molecular flexibility index (Phi) is 2.81. The molecule has 1 aliphatic heterocycles. The predicted octanol–water partition coefficient (Wildman–Crippen LogP) is 0.450. The van der Waals surface area contributed by atoms with Gasteiger partial charge < -0.3 is 10.0 Å². The summed E-state index contributed by atoms with van der Waals surface area (Å²) >= 11 is 0. The van der Waals surface area contributed by atoms with Crippen molar-refractivity contribution in [3.8, 4) is 0 Å². The van der Waals surface area contributed by atoms with Gasteiger partial charge in [0.2, 0.25) is 5.95 Å². The normalized spacial score (nSPS) is 21.8. The SMILES string of the molecule is Cc1nnc(N2CCCC(O)C2)nc1C. The first kappa shape index (κ1) is 10.3. The zero-order valence-electron chi connectivity index (χ0n) is 9.14. The molecular formula is C10H16N4O. The molecule has 1 atom stereocenters. The van der Waals surface area contributed by atoms with Crippen molar-refractivity contribution in [3.63, 3.8) is 0 Å². The van der Waals surface area contributed by atoms with E-state index in [0.717, 1.165) is 30.8 Å². The molecule has 1 aliphatic rings. The zero-order valence-corrected chi connectivity index (χ0v) is 9.14. The third kappa shape index (κ3) is 2.23. The quantitative estimate of drug-likeness (QED) is 0.726. The third-order valence-electron chi connectivity index (χ3n) is 2.76. The van der Waals surface area contributed by atoms with Crippen molar-refractivity contribution in [1.29, 1.82) is 0 Å². The molecule has 15 heavy (non-hydrogen) atoms. The molecule has 0 saturated carbocycles. The summed E-state index contributed by atoms with van der Waals surface area (Å²) in [5.41, 5.74) is 1.76. The highest BCUT2D eigenvalue weighted by Gasteiger charge is 2.20. The minimum Gasteiger partial charge on any atom is -0.391 e. The standard InChI is InChI=1S/C10H16N4O/c1-7-8(2)12-13-10(11-7)14-5-3-4-9(15)6-14/h9,15H,3-6H2,1-2H3. The molecule has 5 heteroatoms. The predicted molar refractivity (Wildman–Crippen MR) is 56.8 cm³/mol. The Morgan fingerprint density at radius 3 is 2.73 bits per heavy atom. The fourth-order valence-electron chi connectivity index (χ4n) is 1.72. The molecule has 0 aliphatic carbocycles. The van der Waals surface area contributed by atoms with Gasteiger partial charge in [-0.2, -0.15) is 5.10 Å². The Morgan fingerprint density at radius 1 is 1.27 bits per heavy atom. The van der Waals surface area contributed by atoms with Crippen LogP contribution in [0, 0.1) is 13.8 Å². The number of hydrogen-bond donors (Lipinski definition) is 1. The van der Waals surface area contributed by atoms with Gasteiger partial charge in [-0.25, -0.2) is 4.98 Å². The van der Waals surface area contributed by atoms with Gasteiger partial charge in [-0.3, -0.25) is 0 Å². The van der Waals surface area contributed by atoms with Crippen molar-refractivity contribution < 1.29 is 5.11 Å². The highest BCUT2D eigenvalue weighted by atomic mass is 16.3. The van der Waals surface area contributed by atoms with Crippen molar-refractivity contribution in [2.75, 3.05) is 18.0 Å². The lowest BCUT2D eigenvalue weighted by atomic mass is 10.1. The lowest BCUT2D eigenvalue weighted by Gasteiger charge is -2.29. The van der Waals surface area contributed by atoms with Gasteiger partial charge in [0, 0.05) is 13.1 Å². The van der Waals surface area contributed by atoms with Crippen molar-refractivity contribution in [1.82, 2.24) is 15.2 Å². The lowest BCUT2D eigenvalue weighted by Crippen LogP contribution is -2.39. The van der Waals surface area contributed by atoms with Crippen molar-refractivity contribution in [2.45, 2.75) is 32.8 Å². The molecule has 1 N–H and O–H groups in total. The Balaban J connectivity index is 2.18. The summed E-state index contributed by atoms with van der Waals surface area (Å²) in [6.45, 7) is 5.34. The van der Waals surface area contributed by atoms with E-state index in [4.69, 9.17) is 0 Å². The molecule has 1 saturated heterocycles. The third-order valence-corrected chi connectivity index (χ3v) is 2.76. The second-order valence-electron chi connectivity index (χ2n) is 4.02. The number of hydrogen-bond acceptors (Lipinski definition) is 5. The zero-order chi connectivity index (χ0) is 10.8. The van der Waals surface area contributed by atoms with Gasteiger partial charge in [0.05, 0.1) is 17.5 Å². The summed E-state index contributed by atoms with van der Waals surface area (Å²) < 4.78 is 0. The van der Waals surface area contributed by atoms with Crippen LogP contribution >= 0.6 is 0 Å². The van der Waals surface area contributed by atoms with E-state index in [-0.39, 0.29) is 6.10 Å². The van der Waals surface area contributed by atoms with Gasteiger partial charge in [-0.1, -0.05) is 0 Å². The number of β-amino-alcohol motifs (C(OH)–C–C–N with tert-alkyl or cyclic N) is 1. The summed E-state index contributed by atoms with van der Waals surface area (Å²) in [4.78, 5) is 6.37. The minimum atomic E-state index is -0.260. The topological polar surface area (TPSA) is 62.1 Å². The fraction of sp³-hybridized carbons (Fsp3) is 0.700. The first-order chi connectivity index (χ1) is 7.16. The van der Waals surface area contributed by atoms with Crippen LogP contribution in [0.25, 0.3) is 0 Å². The summed E-state index contributed by atoms with van der Waals surface area (Å²) in [7, 11) is 0. The van der Waals surface area contributed by atoms with Crippen LogP contribution < -0.4 is 4.90 Å². The largest absolute Gasteiger partial charge is 0.391 e. The van der Waals surface area contributed by atoms with Crippen LogP contribution in [0.1, 0.15) is 24.2 Å². The Morgan fingerprint density at radius 2 is 2.07 bits per heavy atom. The Hall–Kier alpha value is -1.23. The number of anilines is 1. The molecule has 2 heterocycles. The molecule has 1 aromatic heterocycles. The molecular weight excluding hydrogens is 192 g/mol. The highest BCUT2D eigenvalue weighted by Crippen LogP contribution is 2.15. The minimum absolute atomic E-state index is 0.260. The number of aliphatic hydroxyl groups is 1. The van der Waals surface area contributed by atoms with E-state index in [9.17, 15) is 5.11 Å². The van der Waals surface area contributed by atoms with Crippen LogP contribution in [-0.2, 0) is 0 Å². The van der Waals surface area contributed by atoms with E-state index in [2.05, 4.69) is 15.2 Å². The molecule has 82 valence electrons. The Bertz CT molecular complexity index is 355. The van der Waals surface area contributed by atoms with Crippen molar-refractivity contribution in [3.05, 3.63) is 11.4 Å². The molecule has 1 unspecified atom stereocenters. The highest BCUT2D eigenvalue weighted by molar-refractivity contribution is 5.30. The summed E-state index contributed by atoms with van der Waals surface area (Å²) in [5.74, 6) is 0.636. The number of piperidine rings is 1. The van der Waals surface area contributed by atoms with Gasteiger partial charge in [-0.15, -0.1) is 5.10 Å². The van der Waals surface area contributed by atoms with Crippen LogP contribution in [0.5, 0.6) is 0 Å². The molecule has 2 rings (SSSR count). The van der Waals surface area contributed by atoms with Gasteiger partial charge in [0.1, 0.15) is 0 Å². The summed E-state index contributed by atoms with van der Waals surface area (Å²) in [6, 6.07) is 0. The molecule has 1 aromatic rings. The Labute approximate surface area is 89.2 Å². The molecule has 0 aromatic carbocycles. The average molecular weight is 208 g/mol. The first-order valence-electron chi connectivity index (χ1n) is 5.28. The maximum atomic E-state index is 9.55. The molecule has 0 bridgehead atoms. The van der Waals surface area contributed by atoms with E-state index in [1.54, 1.807) is 0 Å². The molecule has 5 nitrogen and oxygen atoms in total. The fourth-order valence-corrected chi connectivity index (χ4v) is 1.72. The van der Waals surface area contributed by atoms with Crippen LogP contribution in [0.15, 0.2) is 0 Å². The maximum Gasteiger partial charge on any atom is 0.245 e. The van der Waals surface area contributed by atoms with E-state index in [1.807, 2.05) is 18.7 Å². The van der Waals surface area contributed by atoms with Crippen LogP contribution in [0.2, 0.25) is 0 Å².